The average Bonchev–Trinajstić information content (AvgIpc) is 3.03. The summed E-state index contributed by atoms with van der Waals surface area (Å²) in [7, 11) is 0. The number of ether oxygens (including phenoxy) is 1. The van der Waals surface area contributed by atoms with Crippen molar-refractivity contribution < 1.29 is 9.53 Å². The zero-order valence-corrected chi connectivity index (χ0v) is 13.0. The van der Waals surface area contributed by atoms with Crippen LogP contribution in [0, 0.1) is 0 Å². The lowest BCUT2D eigenvalue weighted by molar-refractivity contribution is 0.139. The van der Waals surface area contributed by atoms with Crippen LogP contribution in [0.4, 0.5) is 4.79 Å². The van der Waals surface area contributed by atoms with Crippen molar-refractivity contribution in [2.24, 2.45) is 4.99 Å². The largest absolute Gasteiger partial charge is 0.445 e. The van der Waals surface area contributed by atoms with E-state index < -0.39 is 0 Å². The molecule has 1 aliphatic rings. The second kappa shape index (κ2) is 9.45. The zero-order chi connectivity index (χ0) is 14.8. The van der Waals surface area contributed by atoms with Gasteiger partial charge < -0.3 is 10.1 Å². The first-order valence-corrected chi connectivity index (χ1v) is 8.44. The maximum absolute atomic E-state index is 11.5. The number of unbranched alkanes of at least 4 members (excludes halogenated alkanes) is 2. The standard InChI is InChI=1S/C16H22N2O2S/c19-16(20-13-14-7-3-1-4-8-14)18-10-6-2-5-9-15-17-11-12-21-15/h1,3-4,7-8H,2,5-6,9-13H2,(H,18,19). The number of thioether (sulfide) groups is 1. The topological polar surface area (TPSA) is 50.7 Å². The van der Waals surface area contributed by atoms with Crippen molar-refractivity contribution >= 4 is 22.9 Å². The Hall–Kier alpha value is -1.49. The highest BCUT2D eigenvalue weighted by Crippen LogP contribution is 2.16. The Morgan fingerprint density at radius 3 is 2.86 bits per heavy atom. The van der Waals surface area contributed by atoms with Crippen molar-refractivity contribution in [2.75, 3.05) is 18.8 Å². The lowest BCUT2D eigenvalue weighted by Crippen LogP contribution is -2.25. The van der Waals surface area contributed by atoms with Crippen LogP contribution >= 0.6 is 11.8 Å². The van der Waals surface area contributed by atoms with Gasteiger partial charge in [0.15, 0.2) is 0 Å². The van der Waals surface area contributed by atoms with Gasteiger partial charge in [-0.1, -0.05) is 36.8 Å². The van der Waals surface area contributed by atoms with Crippen LogP contribution in [-0.4, -0.2) is 30.0 Å². The molecule has 1 aromatic rings. The number of hydrogen-bond donors (Lipinski definition) is 1. The molecule has 0 saturated carbocycles. The van der Waals surface area contributed by atoms with Crippen molar-refractivity contribution in [1.82, 2.24) is 5.32 Å². The fourth-order valence-electron chi connectivity index (χ4n) is 2.07. The Kier molecular flexibility index (Phi) is 7.15. The van der Waals surface area contributed by atoms with Gasteiger partial charge in [-0.15, -0.1) is 11.8 Å². The molecule has 21 heavy (non-hydrogen) atoms. The molecule has 0 saturated heterocycles. The van der Waals surface area contributed by atoms with E-state index in [0.29, 0.717) is 13.2 Å². The monoisotopic (exact) mass is 306 g/mol. The van der Waals surface area contributed by atoms with E-state index in [1.54, 1.807) is 0 Å². The molecule has 0 fully saturated rings. The van der Waals surface area contributed by atoms with Gasteiger partial charge in [0.1, 0.15) is 6.61 Å². The molecule has 0 atom stereocenters. The van der Waals surface area contributed by atoms with E-state index in [-0.39, 0.29) is 6.09 Å². The highest BCUT2D eigenvalue weighted by atomic mass is 32.2. The van der Waals surface area contributed by atoms with Gasteiger partial charge in [-0.2, -0.15) is 0 Å². The van der Waals surface area contributed by atoms with Crippen molar-refractivity contribution in [2.45, 2.75) is 32.3 Å². The molecule has 0 bridgehead atoms. The van der Waals surface area contributed by atoms with E-state index in [9.17, 15) is 4.79 Å². The highest BCUT2D eigenvalue weighted by molar-refractivity contribution is 8.14. The smallest absolute Gasteiger partial charge is 0.407 e. The molecule has 1 amide bonds. The van der Waals surface area contributed by atoms with Gasteiger partial charge in [0.2, 0.25) is 0 Å². The minimum Gasteiger partial charge on any atom is -0.445 e. The van der Waals surface area contributed by atoms with E-state index >= 15 is 0 Å². The summed E-state index contributed by atoms with van der Waals surface area (Å²) < 4.78 is 5.14. The van der Waals surface area contributed by atoms with Gasteiger partial charge in [0.25, 0.3) is 0 Å². The number of alkyl carbamates (subject to hydrolysis) is 1. The molecule has 2 rings (SSSR count). The molecule has 1 N–H and O–H groups in total. The number of nitrogens with zero attached hydrogens (tertiary/aromatic N) is 1. The Bertz CT molecular complexity index is 463. The summed E-state index contributed by atoms with van der Waals surface area (Å²) in [4.78, 5) is 15.9. The summed E-state index contributed by atoms with van der Waals surface area (Å²) in [5.41, 5.74) is 1.00. The van der Waals surface area contributed by atoms with E-state index in [1.165, 1.54) is 5.04 Å². The van der Waals surface area contributed by atoms with Gasteiger partial charge in [-0.3, -0.25) is 4.99 Å². The molecule has 1 heterocycles. The van der Waals surface area contributed by atoms with Crippen LogP contribution in [0.15, 0.2) is 35.3 Å². The number of nitrogens with one attached hydrogen (secondary N) is 1. The minimum atomic E-state index is -0.338. The normalized spacial score (nSPS) is 13.8. The number of rotatable bonds is 8. The van der Waals surface area contributed by atoms with Crippen LogP contribution < -0.4 is 5.32 Å². The number of amides is 1. The van der Waals surface area contributed by atoms with Crippen LogP contribution in [0.5, 0.6) is 0 Å². The SMILES string of the molecule is O=C(NCCCCCC1=NCCS1)OCc1ccccc1. The molecule has 5 heteroatoms. The Labute approximate surface area is 130 Å². The first-order chi connectivity index (χ1) is 10.3. The van der Waals surface area contributed by atoms with Crippen molar-refractivity contribution in [3.63, 3.8) is 0 Å². The summed E-state index contributed by atoms with van der Waals surface area (Å²) >= 11 is 1.88. The summed E-state index contributed by atoms with van der Waals surface area (Å²) in [5, 5.41) is 4.08. The third-order valence-electron chi connectivity index (χ3n) is 3.20. The maximum Gasteiger partial charge on any atom is 0.407 e. The van der Waals surface area contributed by atoms with E-state index in [2.05, 4.69) is 10.3 Å². The maximum atomic E-state index is 11.5. The third-order valence-corrected chi connectivity index (χ3v) is 4.25. The molecule has 1 aliphatic heterocycles. The molecule has 0 unspecified atom stereocenters. The van der Waals surface area contributed by atoms with Crippen LogP contribution in [0.25, 0.3) is 0 Å². The van der Waals surface area contributed by atoms with Crippen LogP contribution in [0.3, 0.4) is 0 Å². The van der Waals surface area contributed by atoms with Gasteiger partial charge in [-0.25, -0.2) is 4.79 Å². The summed E-state index contributed by atoms with van der Waals surface area (Å²) in [5.74, 6) is 1.14. The molecule has 1 aromatic carbocycles. The summed E-state index contributed by atoms with van der Waals surface area (Å²) in [6.45, 7) is 1.98. The molecule has 0 radical (unpaired) electrons. The number of hydrogen-bond acceptors (Lipinski definition) is 4. The lowest BCUT2D eigenvalue weighted by atomic mass is 10.2. The molecule has 114 valence electrons. The van der Waals surface area contributed by atoms with Crippen LogP contribution in [0.2, 0.25) is 0 Å². The minimum absolute atomic E-state index is 0.323. The lowest BCUT2D eigenvalue weighted by Gasteiger charge is -2.07. The average molecular weight is 306 g/mol. The fraction of sp³-hybridized carbons (Fsp3) is 0.500. The van der Waals surface area contributed by atoms with E-state index in [4.69, 9.17) is 4.74 Å². The van der Waals surface area contributed by atoms with Crippen molar-refractivity contribution in [3.8, 4) is 0 Å². The van der Waals surface area contributed by atoms with E-state index in [1.807, 2.05) is 42.1 Å². The second-order valence-corrected chi connectivity index (χ2v) is 6.09. The number of carbonyl (C=O) groups excluding carboxylic acids is 1. The summed E-state index contributed by atoms with van der Waals surface area (Å²) in [6.07, 6.45) is 3.99. The third kappa shape index (κ3) is 6.67. The first kappa shape index (κ1) is 15.9. The van der Waals surface area contributed by atoms with Gasteiger partial charge in [0.05, 0.1) is 5.04 Å². The van der Waals surface area contributed by atoms with Crippen LogP contribution in [0.1, 0.15) is 31.2 Å². The molecule has 0 spiro atoms. The Morgan fingerprint density at radius 1 is 1.24 bits per heavy atom. The highest BCUT2D eigenvalue weighted by Gasteiger charge is 2.06. The number of carbonyl (C=O) groups is 1. The second-order valence-electron chi connectivity index (χ2n) is 4.92. The quantitative estimate of drug-likeness (QED) is 0.746. The first-order valence-electron chi connectivity index (χ1n) is 7.45. The van der Waals surface area contributed by atoms with Gasteiger partial charge in [0, 0.05) is 18.8 Å². The van der Waals surface area contributed by atoms with Gasteiger partial charge >= 0.3 is 6.09 Å². The van der Waals surface area contributed by atoms with Crippen molar-refractivity contribution in [1.29, 1.82) is 0 Å². The van der Waals surface area contributed by atoms with E-state index in [0.717, 1.165) is 43.5 Å². The molecule has 4 nitrogen and oxygen atoms in total. The fourth-order valence-corrected chi connectivity index (χ4v) is 2.96. The number of benzene rings is 1. The molecule has 0 aromatic heterocycles. The predicted octanol–water partition coefficient (Wildman–Crippen LogP) is 3.62. The van der Waals surface area contributed by atoms with Gasteiger partial charge in [-0.05, 0) is 24.8 Å². The zero-order valence-electron chi connectivity index (χ0n) is 12.2. The molecule has 0 aliphatic carbocycles. The molecular weight excluding hydrogens is 284 g/mol. The predicted molar refractivity (Wildman–Crippen MR) is 87.9 cm³/mol. The van der Waals surface area contributed by atoms with Crippen LogP contribution in [-0.2, 0) is 11.3 Å². The Morgan fingerprint density at radius 2 is 2.10 bits per heavy atom. The summed E-state index contributed by atoms with van der Waals surface area (Å²) in [6, 6.07) is 9.69. The van der Waals surface area contributed by atoms with Crippen molar-refractivity contribution in [3.05, 3.63) is 35.9 Å². The molecular formula is C16H22N2O2S. The Balaban J connectivity index is 1.45. The number of aliphatic imine (C=N–C) groups is 1.